The van der Waals surface area contributed by atoms with Gasteiger partial charge in [-0.15, -0.1) is 18.2 Å². The van der Waals surface area contributed by atoms with Gasteiger partial charge in [0.1, 0.15) is 12.5 Å². The number of hydrogen-bond donors (Lipinski definition) is 1. The molecule has 0 aromatic rings. The van der Waals surface area contributed by atoms with E-state index < -0.39 is 5.25 Å². The topological polar surface area (TPSA) is 83.6 Å². The first-order chi connectivity index (χ1) is 14.8. The molecular weight excluding hydrogens is 412 g/mol. The first kappa shape index (κ1) is 27.0. The van der Waals surface area contributed by atoms with Crippen LogP contribution in [0.1, 0.15) is 33.6 Å². The quantitative estimate of drug-likeness (QED) is 0.490. The molecule has 0 aromatic heterocycles. The third-order valence-corrected chi connectivity index (χ3v) is 4.37. The highest BCUT2D eigenvalue weighted by atomic mass is 32.2. The van der Waals surface area contributed by atoms with Gasteiger partial charge < -0.3 is 5.32 Å². The van der Waals surface area contributed by atoms with Gasteiger partial charge in [-0.2, -0.15) is 0 Å². The summed E-state index contributed by atoms with van der Waals surface area (Å²) in [5.74, 6) is 26.7. The van der Waals surface area contributed by atoms with E-state index in [1.165, 1.54) is 25.6 Å². The van der Waals surface area contributed by atoms with Gasteiger partial charge in [0.25, 0.3) is 0 Å². The van der Waals surface area contributed by atoms with Gasteiger partial charge in [0.15, 0.2) is 0 Å². The Balaban J connectivity index is 0.000000615. The van der Waals surface area contributed by atoms with Crippen LogP contribution in [0.15, 0.2) is 0 Å². The lowest BCUT2D eigenvalue weighted by atomic mass is 10.3. The van der Waals surface area contributed by atoms with Gasteiger partial charge in [0.2, 0.25) is 17.7 Å². The molecule has 1 unspecified atom stereocenters. The van der Waals surface area contributed by atoms with Crippen molar-refractivity contribution < 1.29 is 19.2 Å². The molecule has 0 aromatic carbocycles. The Morgan fingerprint density at radius 1 is 1.03 bits per heavy atom. The van der Waals surface area contributed by atoms with E-state index >= 15 is 0 Å². The molecule has 0 bridgehead atoms. The van der Waals surface area contributed by atoms with Gasteiger partial charge in [-0.25, -0.2) is 0 Å². The summed E-state index contributed by atoms with van der Waals surface area (Å²) in [7, 11) is 0. The van der Waals surface area contributed by atoms with Crippen molar-refractivity contribution in [2.24, 2.45) is 0 Å². The first-order valence-electron chi connectivity index (χ1n) is 8.90. The van der Waals surface area contributed by atoms with Crippen molar-refractivity contribution in [2.75, 3.05) is 12.4 Å². The van der Waals surface area contributed by atoms with Crippen LogP contribution in [0.2, 0.25) is 0 Å². The van der Waals surface area contributed by atoms with E-state index in [1.54, 1.807) is 6.92 Å². The summed E-state index contributed by atoms with van der Waals surface area (Å²) in [5.41, 5.74) is 0. The molecule has 156 valence electrons. The number of nitrogens with zero attached hydrogens (tertiary/aromatic N) is 1. The Hall–Kier alpha value is -4.01. The van der Waals surface area contributed by atoms with E-state index in [0.29, 0.717) is 12.2 Å². The second kappa shape index (κ2) is 16.9. The van der Waals surface area contributed by atoms with Crippen LogP contribution in [-0.2, 0) is 19.2 Å². The van der Waals surface area contributed by atoms with Crippen LogP contribution in [0.25, 0.3) is 0 Å². The predicted octanol–water partition coefficient (Wildman–Crippen LogP) is 0.576. The molecular formula is C24H20N2O4S. The number of nitrogens with one attached hydrogen (secondary N) is 1. The molecule has 31 heavy (non-hydrogen) atoms. The molecule has 0 spiro atoms. The molecule has 7 heteroatoms. The van der Waals surface area contributed by atoms with Crippen molar-refractivity contribution in [3.63, 3.8) is 0 Å². The minimum absolute atomic E-state index is 0.0642. The van der Waals surface area contributed by atoms with Gasteiger partial charge >= 0.3 is 0 Å². The van der Waals surface area contributed by atoms with Crippen LogP contribution in [-0.4, -0.2) is 46.1 Å². The molecule has 1 heterocycles. The molecule has 1 N–H and O–H groups in total. The van der Waals surface area contributed by atoms with Crippen LogP contribution < -0.4 is 5.32 Å². The van der Waals surface area contributed by atoms with Gasteiger partial charge in [-0.1, -0.05) is 5.92 Å². The van der Waals surface area contributed by atoms with Gasteiger partial charge in [-0.3, -0.25) is 24.1 Å². The first-order valence-corrected chi connectivity index (χ1v) is 9.95. The number of carbonyl (C=O) groups excluding carboxylic acids is 4. The maximum Gasteiger partial charge on any atom is 0.244 e. The van der Waals surface area contributed by atoms with Crippen molar-refractivity contribution in [1.82, 2.24) is 10.2 Å². The number of imide groups is 1. The molecule has 1 atom stereocenters. The fourth-order valence-corrected chi connectivity index (χ4v) is 3.02. The van der Waals surface area contributed by atoms with Crippen LogP contribution >= 0.6 is 11.8 Å². The molecule has 1 aliphatic rings. The average Bonchev–Trinajstić information content (AvgIpc) is 2.98. The number of amides is 3. The van der Waals surface area contributed by atoms with E-state index in [4.69, 9.17) is 6.42 Å². The molecule has 0 radical (unpaired) electrons. The van der Waals surface area contributed by atoms with Crippen molar-refractivity contribution >= 4 is 35.3 Å². The number of ketones is 1. The van der Waals surface area contributed by atoms with E-state index in [-0.39, 0.29) is 36.6 Å². The van der Waals surface area contributed by atoms with Crippen LogP contribution in [0.4, 0.5) is 0 Å². The lowest BCUT2D eigenvalue weighted by Crippen LogP contribution is -2.40. The zero-order chi connectivity index (χ0) is 23.5. The summed E-state index contributed by atoms with van der Waals surface area (Å²) in [5, 5.41) is 2.00. The fourth-order valence-electron chi connectivity index (χ4n) is 1.80. The number of rotatable bonds is 6. The highest BCUT2D eigenvalue weighted by Crippen LogP contribution is 2.25. The van der Waals surface area contributed by atoms with E-state index in [2.05, 4.69) is 70.4 Å². The minimum atomic E-state index is -0.425. The highest BCUT2D eigenvalue weighted by Gasteiger charge is 2.38. The fraction of sp³-hybridized carbons (Fsp3) is 0.333. The van der Waals surface area contributed by atoms with Gasteiger partial charge in [-0.05, 0) is 73.1 Å². The number of hydrogen-bond acceptors (Lipinski definition) is 5. The number of terminal acetylenes is 1. The smallest absolute Gasteiger partial charge is 0.244 e. The molecule has 1 aliphatic heterocycles. The van der Waals surface area contributed by atoms with Crippen molar-refractivity contribution in [3.05, 3.63) is 0 Å². The summed E-state index contributed by atoms with van der Waals surface area (Å²) in [6, 6.07) is 0. The van der Waals surface area contributed by atoms with Gasteiger partial charge in [0.05, 0.1) is 5.25 Å². The van der Waals surface area contributed by atoms with Crippen molar-refractivity contribution in [3.8, 4) is 71.5 Å². The summed E-state index contributed by atoms with van der Waals surface area (Å²) in [4.78, 5) is 46.0. The van der Waals surface area contributed by atoms with Crippen LogP contribution in [0.5, 0.6) is 0 Å². The summed E-state index contributed by atoms with van der Waals surface area (Å²) in [6.45, 7) is 4.45. The lowest BCUT2D eigenvalue weighted by molar-refractivity contribution is -0.139. The summed E-state index contributed by atoms with van der Waals surface area (Å²) >= 11 is 1.32. The molecule has 0 aliphatic carbocycles. The van der Waals surface area contributed by atoms with E-state index in [1.807, 2.05) is 0 Å². The molecule has 6 nitrogen and oxygen atoms in total. The van der Waals surface area contributed by atoms with E-state index in [0.717, 1.165) is 4.90 Å². The maximum absolute atomic E-state index is 11.9. The largest absolute Gasteiger partial charge is 0.338 e. The third-order valence-electron chi connectivity index (χ3n) is 3.16. The standard InChI is InChI=1S/C13H4.C11H16N2O4S/c1-3-5-7-9-11-13-12-10-8-6-4-2;1-7(14)3-4-18-9-5-10(16)13(11(9)17)6-12-8(2)15/h1H,2H3;9H,3-6H2,1-2H3,(H,12,15). The summed E-state index contributed by atoms with van der Waals surface area (Å²) < 4.78 is 0. The molecule has 0 saturated carbocycles. The Kier molecular flexibility index (Phi) is 14.7. The van der Waals surface area contributed by atoms with E-state index in [9.17, 15) is 19.2 Å². The molecule has 1 saturated heterocycles. The zero-order valence-corrected chi connectivity index (χ0v) is 18.3. The Labute approximate surface area is 187 Å². The van der Waals surface area contributed by atoms with Gasteiger partial charge in [0, 0.05) is 25.5 Å². The third kappa shape index (κ3) is 13.7. The normalized spacial score (nSPS) is 12.7. The maximum atomic E-state index is 11.9. The number of carbonyl (C=O) groups is 4. The number of thioether (sulfide) groups is 1. The van der Waals surface area contributed by atoms with Crippen molar-refractivity contribution in [2.45, 2.75) is 38.9 Å². The number of likely N-dealkylation sites (tertiary alicyclic amines) is 1. The minimum Gasteiger partial charge on any atom is -0.338 e. The van der Waals surface area contributed by atoms with Crippen LogP contribution in [0.3, 0.4) is 0 Å². The van der Waals surface area contributed by atoms with Crippen LogP contribution in [0, 0.1) is 71.5 Å². The average molecular weight is 433 g/mol. The molecule has 1 rings (SSSR count). The monoisotopic (exact) mass is 432 g/mol. The Morgan fingerprint density at radius 2 is 1.58 bits per heavy atom. The Bertz CT molecular complexity index is 1060. The Morgan fingerprint density at radius 3 is 2.06 bits per heavy atom. The second-order valence-corrected chi connectivity index (χ2v) is 6.90. The SMILES string of the molecule is C#CC#CC#CC#CC#CC#CC.CC(=O)CCSC1CC(=O)N(CNC(C)=O)C1=O. The van der Waals surface area contributed by atoms with Crippen molar-refractivity contribution in [1.29, 1.82) is 0 Å². The molecule has 1 fully saturated rings. The second-order valence-electron chi connectivity index (χ2n) is 5.59. The molecule has 3 amide bonds. The number of Topliss-reactive ketones (excluding diaryl/α,β-unsaturated/α-hetero) is 1. The lowest BCUT2D eigenvalue weighted by Gasteiger charge is -2.14. The highest BCUT2D eigenvalue weighted by molar-refractivity contribution is 8.00. The summed E-state index contributed by atoms with van der Waals surface area (Å²) in [6.07, 6.45) is 5.40. The zero-order valence-electron chi connectivity index (χ0n) is 17.5. The predicted molar refractivity (Wildman–Crippen MR) is 120 cm³/mol.